The molecule has 0 aliphatic rings. The number of furan rings is 1. The van der Waals surface area contributed by atoms with Crippen molar-refractivity contribution in [2.45, 2.75) is 6.92 Å². The van der Waals surface area contributed by atoms with E-state index in [0.29, 0.717) is 0 Å². The Morgan fingerprint density at radius 3 is 2.76 bits per heavy atom. The minimum atomic E-state index is 0.851. The summed E-state index contributed by atoms with van der Waals surface area (Å²) in [4.78, 5) is 4.41. The fourth-order valence-electron chi connectivity index (χ4n) is 2.02. The van der Waals surface area contributed by atoms with Crippen molar-refractivity contribution in [2.24, 2.45) is 7.05 Å². The van der Waals surface area contributed by atoms with Crippen LogP contribution in [-0.4, -0.2) is 9.55 Å². The molecule has 0 aliphatic heterocycles. The second-order valence-corrected chi connectivity index (χ2v) is 4.75. The second-order valence-electron chi connectivity index (χ2n) is 4.00. The van der Waals surface area contributed by atoms with Crippen LogP contribution in [0.25, 0.3) is 22.2 Å². The van der Waals surface area contributed by atoms with E-state index in [2.05, 4.69) is 31.5 Å². The molecule has 0 saturated heterocycles. The predicted molar refractivity (Wildman–Crippen MR) is 70.9 cm³/mol. The van der Waals surface area contributed by atoms with Gasteiger partial charge in [0.25, 0.3) is 0 Å². The molecule has 3 nitrogen and oxygen atoms in total. The van der Waals surface area contributed by atoms with Crippen molar-refractivity contribution in [3.63, 3.8) is 0 Å². The predicted octanol–water partition coefficient (Wildman–Crippen LogP) is 3.90. The molecule has 0 fully saturated rings. The Morgan fingerprint density at radius 2 is 2.06 bits per heavy atom. The zero-order valence-electron chi connectivity index (χ0n) is 9.57. The number of aryl methyl sites for hydroxylation is 1. The van der Waals surface area contributed by atoms with E-state index in [0.717, 1.165) is 32.7 Å². The highest BCUT2D eigenvalue weighted by Gasteiger charge is 2.16. The minimum absolute atomic E-state index is 0.851. The normalized spacial score (nSPS) is 11.2. The zero-order valence-corrected chi connectivity index (χ0v) is 11.2. The number of halogens is 1. The van der Waals surface area contributed by atoms with Crippen LogP contribution in [0.1, 0.15) is 5.82 Å². The topological polar surface area (TPSA) is 31.0 Å². The number of benzene rings is 1. The van der Waals surface area contributed by atoms with Gasteiger partial charge in [0, 0.05) is 18.0 Å². The number of nitrogens with zero attached hydrogens (tertiary/aromatic N) is 2. The summed E-state index contributed by atoms with van der Waals surface area (Å²) in [6.45, 7) is 1.98. The van der Waals surface area contributed by atoms with Crippen LogP contribution in [0.4, 0.5) is 0 Å². The Morgan fingerprint density at radius 1 is 1.29 bits per heavy atom. The lowest BCUT2D eigenvalue weighted by molar-refractivity contribution is 0.616. The molecular formula is C13H11BrN2O. The van der Waals surface area contributed by atoms with Crippen molar-refractivity contribution < 1.29 is 4.42 Å². The third kappa shape index (κ3) is 1.52. The molecule has 0 amide bonds. The van der Waals surface area contributed by atoms with E-state index in [1.807, 2.05) is 32.2 Å². The van der Waals surface area contributed by atoms with Gasteiger partial charge >= 0.3 is 0 Å². The van der Waals surface area contributed by atoms with Crippen LogP contribution in [0, 0.1) is 6.92 Å². The fraction of sp³-hybridized carbons (Fsp3) is 0.154. The van der Waals surface area contributed by atoms with E-state index in [1.165, 1.54) is 0 Å². The van der Waals surface area contributed by atoms with Gasteiger partial charge in [-0.2, -0.15) is 0 Å². The number of imidazole rings is 1. The molecule has 0 bridgehead atoms. The molecule has 0 aliphatic carbocycles. The SMILES string of the molecule is Cc1nc(Br)c(-c2coc3ccccc23)n1C. The summed E-state index contributed by atoms with van der Waals surface area (Å²) < 4.78 is 8.47. The molecule has 2 heterocycles. The van der Waals surface area contributed by atoms with Crippen LogP contribution in [0.15, 0.2) is 39.5 Å². The number of para-hydroxylation sites is 1. The molecule has 3 rings (SSSR count). The maximum absolute atomic E-state index is 5.56. The summed E-state index contributed by atoms with van der Waals surface area (Å²) in [5.74, 6) is 0.970. The Kier molecular flexibility index (Phi) is 2.33. The number of hydrogen-bond acceptors (Lipinski definition) is 2. The van der Waals surface area contributed by atoms with Gasteiger partial charge in [-0.1, -0.05) is 18.2 Å². The molecule has 86 valence electrons. The van der Waals surface area contributed by atoms with Gasteiger partial charge in [0.1, 0.15) is 22.3 Å². The van der Waals surface area contributed by atoms with E-state index < -0.39 is 0 Å². The molecular weight excluding hydrogens is 280 g/mol. The first-order chi connectivity index (χ1) is 8.18. The fourth-order valence-corrected chi connectivity index (χ4v) is 2.76. The summed E-state index contributed by atoms with van der Waals surface area (Å²) in [5, 5.41) is 1.11. The van der Waals surface area contributed by atoms with Gasteiger partial charge in [-0.25, -0.2) is 4.98 Å². The molecule has 0 N–H and O–H groups in total. The minimum Gasteiger partial charge on any atom is -0.464 e. The monoisotopic (exact) mass is 290 g/mol. The summed E-state index contributed by atoms with van der Waals surface area (Å²) in [5.41, 5.74) is 3.01. The van der Waals surface area contributed by atoms with Crippen molar-refractivity contribution in [2.75, 3.05) is 0 Å². The Balaban J connectivity index is 2.35. The molecule has 0 spiro atoms. The van der Waals surface area contributed by atoms with Crippen LogP contribution in [-0.2, 0) is 7.05 Å². The van der Waals surface area contributed by atoms with Gasteiger partial charge in [-0.15, -0.1) is 0 Å². The van der Waals surface area contributed by atoms with E-state index >= 15 is 0 Å². The largest absolute Gasteiger partial charge is 0.464 e. The van der Waals surface area contributed by atoms with Crippen molar-refractivity contribution in [3.8, 4) is 11.3 Å². The first kappa shape index (κ1) is 10.6. The van der Waals surface area contributed by atoms with Crippen LogP contribution < -0.4 is 0 Å². The molecule has 0 unspecified atom stereocenters. The standard InChI is InChI=1S/C13H11BrN2O/c1-8-15-13(14)12(16(8)2)10-7-17-11-6-4-3-5-9(10)11/h3-7H,1-2H3. The van der Waals surface area contributed by atoms with E-state index in [9.17, 15) is 0 Å². The Bertz CT molecular complexity index is 697. The summed E-state index contributed by atoms with van der Waals surface area (Å²) in [6, 6.07) is 8.01. The van der Waals surface area contributed by atoms with Gasteiger partial charge in [-0.05, 0) is 28.9 Å². The lowest BCUT2D eigenvalue weighted by Crippen LogP contribution is -1.93. The maximum atomic E-state index is 5.56. The van der Waals surface area contributed by atoms with Gasteiger partial charge < -0.3 is 8.98 Å². The molecule has 0 atom stereocenters. The van der Waals surface area contributed by atoms with E-state index in [4.69, 9.17) is 4.42 Å². The molecule has 17 heavy (non-hydrogen) atoms. The van der Waals surface area contributed by atoms with Gasteiger partial charge in [0.2, 0.25) is 0 Å². The third-order valence-corrected chi connectivity index (χ3v) is 3.57. The highest BCUT2D eigenvalue weighted by Crippen LogP contribution is 2.34. The molecule has 4 heteroatoms. The molecule has 0 saturated carbocycles. The van der Waals surface area contributed by atoms with E-state index in [1.54, 1.807) is 6.26 Å². The number of fused-ring (bicyclic) bond motifs is 1. The quantitative estimate of drug-likeness (QED) is 0.680. The summed E-state index contributed by atoms with van der Waals surface area (Å²) in [6.07, 6.45) is 1.78. The van der Waals surface area contributed by atoms with Crippen molar-refractivity contribution >= 4 is 26.9 Å². The van der Waals surface area contributed by atoms with Gasteiger partial charge in [-0.3, -0.25) is 0 Å². The first-order valence-electron chi connectivity index (χ1n) is 5.34. The molecule has 0 radical (unpaired) electrons. The number of rotatable bonds is 1. The summed E-state index contributed by atoms with van der Waals surface area (Å²) in [7, 11) is 2.00. The number of aromatic nitrogens is 2. The van der Waals surface area contributed by atoms with Crippen molar-refractivity contribution in [1.29, 1.82) is 0 Å². The highest BCUT2D eigenvalue weighted by molar-refractivity contribution is 9.10. The lowest BCUT2D eigenvalue weighted by Gasteiger charge is -2.02. The third-order valence-electron chi connectivity index (χ3n) is 3.01. The van der Waals surface area contributed by atoms with Crippen LogP contribution >= 0.6 is 15.9 Å². The zero-order chi connectivity index (χ0) is 12.0. The summed E-state index contributed by atoms with van der Waals surface area (Å²) >= 11 is 3.50. The average molecular weight is 291 g/mol. The van der Waals surface area contributed by atoms with Crippen molar-refractivity contribution in [3.05, 3.63) is 41.0 Å². The van der Waals surface area contributed by atoms with Gasteiger partial charge in [0.05, 0.1) is 5.69 Å². The molecule has 3 aromatic rings. The first-order valence-corrected chi connectivity index (χ1v) is 6.13. The van der Waals surface area contributed by atoms with Crippen LogP contribution in [0.2, 0.25) is 0 Å². The number of hydrogen-bond donors (Lipinski definition) is 0. The van der Waals surface area contributed by atoms with Crippen molar-refractivity contribution in [1.82, 2.24) is 9.55 Å². The highest BCUT2D eigenvalue weighted by atomic mass is 79.9. The van der Waals surface area contributed by atoms with Crippen LogP contribution in [0.3, 0.4) is 0 Å². The lowest BCUT2D eigenvalue weighted by atomic mass is 10.1. The van der Waals surface area contributed by atoms with Crippen LogP contribution in [0.5, 0.6) is 0 Å². The Hall–Kier alpha value is -1.55. The average Bonchev–Trinajstić information content (AvgIpc) is 2.82. The van der Waals surface area contributed by atoms with E-state index in [-0.39, 0.29) is 0 Å². The Labute approximate surface area is 107 Å². The molecule has 2 aromatic heterocycles. The maximum Gasteiger partial charge on any atom is 0.134 e. The smallest absolute Gasteiger partial charge is 0.134 e. The molecule has 1 aromatic carbocycles. The second kappa shape index (κ2) is 3.74. The van der Waals surface area contributed by atoms with Gasteiger partial charge in [0.15, 0.2) is 0 Å².